The van der Waals surface area contributed by atoms with Crippen molar-refractivity contribution in [2.75, 3.05) is 19.8 Å². The molecule has 0 unspecified atom stereocenters. The maximum Gasteiger partial charge on any atom is 0.187 e. The predicted molar refractivity (Wildman–Crippen MR) is 183 cm³/mol. The third kappa shape index (κ3) is 13.6. The standard InChI is InChI=1S/C19H21NO2.C19H19NO2.B/c2*1-20-18-10-6-16(7-11-18)17-8-12-19(13-9-17)22-15-5-3-2-4-14-21;/h6-13,21H,2-5,14-15H2;6-14H,2-5,15H2;. The van der Waals surface area contributed by atoms with Crippen LogP contribution in [0.1, 0.15) is 51.4 Å². The summed E-state index contributed by atoms with van der Waals surface area (Å²) in [6.07, 6.45) is 8.56. The summed E-state index contributed by atoms with van der Waals surface area (Å²) in [7, 11) is 0. The second kappa shape index (κ2) is 21.8. The Morgan fingerprint density at radius 3 is 1.24 bits per heavy atom. The highest BCUT2D eigenvalue weighted by Gasteiger charge is 2.01. The average molecular weight is 600 g/mol. The predicted octanol–water partition coefficient (Wildman–Crippen LogP) is 9.50. The zero-order chi connectivity index (χ0) is 31.2. The Balaban J connectivity index is 0.000000307. The molecule has 0 spiro atoms. The lowest BCUT2D eigenvalue weighted by atomic mass is 10.1. The van der Waals surface area contributed by atoms with Gasteiger partial charge in [-0.15, -0.1) is 0 Å². The summed E-state index contributed by atoms with van der Waals surface area (Å²) in [6, 6.07) is 31.1. The molecule has 3 radical (unpaired) electrons. The van der Waals surface area contributed by atoms with Crippen molar-refractivity contribution >= 4 is 26.1 Å². The zero-order valence-corrected chi connectivity index (χ0v) is 25.7. The SMILES string of the molecule is [B].[C-]#[N+]c1ccc(-c2ccc(OCCCCCC=O)cc2)cc1.[C-]#[N+]c1ccc(-c2ccc(OCCCCCCO)cc2)cc1. The van der Waals surface area contributed by atoms with Crippen LogP contribution in [0.4, 0.5) is 11.4 Å². The van der Waals surface area contributed by atoms with Gasteiger partial charge in [-0.1, -0.05) is 79.2 Å². The van der Waals surface area contributed by atoms with E-state index < -0.39 is 0 Å². The van der Waals surface area contributed by atoms with E-state index in [0.29, 0.717) is 31.0 Å². The number of carbonyl (C=O) groups excluding carboxylic acids is 1. The molecule has 4 rings (SSSR count). The summed E-state index contributed by atoms with van der Waals surface area (Å²) in [4.78, 5) is 17.0. The fourth-order valence-corrected chi connectivity index (χ4v) is 4.40. The highest BCUT2D eigenvalue weighted by atomic mass is 16.5. The van der Waals surface area contributed by atoms with Gasteiger partial charge in [0.15, 0.2) is 11.4 Å². The van der Waals surface area contributed by atoms with E-state index >= 15 is 0 Å². The molecule has 0 aliphatic heterocycles. The van der Waals surface area contributed by atoms with Gasteiger partial charge in [0, 0.05) is 21.4 Å². The van der Waals surface area contributed by atoms with Gasteiger partial charge >= 0.3 is 0 Å². The lowest BCUT2D eigenvalue weighted by Gasteiger charge is -2.07. The molecule has 4 aromatic rings. The largest absolute Gasteiger partial charge is 0.494 e. The minimum atomic E-state index is 0. The molecule has 0 heterocycles. The van der Waals surface area contributed by atoms with E-state index in [9.17, 15) is 4.79 Å². The summed E-state index contributed by atoms with van der Waals surface area (Å²) >= 11 is 0. The van der Waals surface area contributed by atoms with Crippen LogP contribution in [0, 0.1) is 13.1 Å². The summed E-state index contributed by atoms with van der Waals surface area (Å²) in [5.74, 6) is 1.74. The lowest BCUT2D eigenvalue weighted by Crippen LogP contribution is -1.97. The van der Waals surface area contributed by atoms with Crippen LogP contribution < -0.4 is 9.47 Å². The molecule has 45 heavy (non-hydrogen) atoms. The van der Waals surface area contributed by atoms with Crippen molar-refractivity contribution in [3.8, 4) is 33.8 Å². The molecule has 0 saturated heterocycles. The Hall–Kier alpha value is -4.85. The Bertz CT molecular complexity index is 1460. The van der Waals surface area contributed by atoms with E-state index in [2.05, 4.69) is 9.69 Å². The van der Waals surface area contributed by atoms with Crippen LogP contribution in [-0.4, -0.2) is 39.6 Å². The first-order valence-electron chi connectivity index (χ1n) is 15.1. The van der Waals surface area contributed by atoms with E-state index in [4.69, 9.17) is 27.7 Å². The molecule has 0 bridgehead atoms. The first-order valence-corrected chi connectivity index (χ1v) is 15.1. The minimum absolute atomic E-state index is 0. The lowest BCUT2D eigenvalue weighted by molar-refractivity contribution is -0.107. The smallest absolute Gasteiger partial charge is 0.187 e. The molecule has 0 amide bonds. The maximum absolute atomic E-state index is 10.2. The fraction of sp³-hybridized carbons (Fsp3) is 0.289. The van der Waals surface area contributed by atoms with Gasteiger partial charge in [0.2, 0.25) is 0 Å². The van der Waals surface area contributed by atoms with Crippen molar-refractivity contribution in [1.29, 1.82) is 0 Å². The van der Waals surface area contributed by atoms with Crippen molar-refractivity contribution in [2.45, 2.75) is 51.4 Å². The molecule has 1 N–H and O–H groups in total. The number of aliphatic hydroxyl groups excluding tert-OH is 1. The Morgan fingerprint density at radius 2 is 0.889 bits per heavy atom. The van der Waals surface area contributed by atoms with Crippen molar-refractivity contribution in [3.05, 3.63) is 120 Å². The van der Waals surface area contributed by atoms with Gasteiger partial charge in [-0.3, -0.25) is 0 Å². The van der Waals surface area contributed by atoms with Gasteiger partial charge in [0.1, 0.15) is 17.8 Å². The van der Waals surface area contributed by atoms with Crippen molar-refractivity contribution < 1.29 is 19.4 Å². The molecule has 7 heteroatoms. The molecule has 4 aromatic carbocycles. The fourth-order valence-electron chi connectivity index (χ4n) is 4.40. The summed E-state index contributed by atoms with van der Waals surface area (Å²) in [5.41, 5.74) is 5.72. The first kappa shape index (κ1) is 36.3. The van der Waals surface area contributed by atoms with Crippen LogP contribution in [0.5, 0.6) is 11.5 Å². The monoisotopic (exact) mass is 599 g/mol. The number of unbranched alkanes of at least 4 members (excludes halogenated alkanes) is 6. The Labute approximate surface area is 269 Å². The van der Waals surface area contributed by atoms with E-state index in [0.717, 1.165) is 85.0 Å². The molecule has 0 aliphatic rings. The van der Waals surface area contributed by atoms with Gasteiger partial charge in [-0.2, -0.15) is 0 Å². The molecule has 0 fully saturated rings. The first-order chi connectivity index (χ1) is 21.7. The number of hydrogen-bond acceptors (Lipinski definition) is 4. The van der Waals surface area contributed by atoms with Crippen molar-refractivity contribution in [3.63, 3.8) is 0 Å². The molecule has 6 nitrogen and oxygen atoms in total. The van der Waals surface area contributed by atoms with Crippen LogP contribution >= 0.6 is 0 Å². The van der Waals surface area contributed by atoms with Crippen LogP contribution in [-0.2, 0) is 4.79 Å². The molecule has 0 aliphatic carbocycles. The maximum atomic E-state index is 10.2. The highest BCUT2D eigenvalue weighted by Crippen LogP contribution is 2.26. The van der Waals surface area contributed by atoms with E-state index in [-0.39, 0.29) is 15.0 Å². The number of aliphatic hydroxyl groups is 1. The van der Waals surface area contributed by atoms with Crippen LogP contribution in [0.3, 0.4) is 0 Å². The molecular formula is C38H40BN2O4. The summed E-state index contributed by atoms with van der Waals surface area (Å²) in [5, 5.41) is 8.70. The molecule has 229 valence electrons. The van der Waals surface area contributed by atoms with E-state index in [1.807, 2.05) is 97.1 Å². The van der Waals surface area contributed by atoms with Crippen molar-refractivity contribution in [2.24, 2.45) is 0 Å². The van der Waals surface area contributed by atoms with E-state index in [1.165, 1.54) is 0 Å². The number of carbonyl (C=O) groups is 1. The van der Waals surface area contributed by atoms with Gasteiger partial charge in [-0.05, 0) is 85.0 Å². The van der Waals surface area contributed by atoms with Crippen LogP contribution in [0.2, 0.25) is 0 Å². The Kier molecular flexibility index (Phi) is 17.6. The van der Waals surface area contributed by atoms with Gasteiger partial charge < -0.3 is 19.4 Å². The summed E-state index contributed by atoms with van der Waals surface area (Å²) < 4.78 is 11.4. The quantitative estimate of drug-likeness (QED) is 0.0603. The number of aldehydes is 1. The van der Waals surface area contributed by atoms with Gasteiger partial charge in [0.05, 0.1) is 26.4 Å². The van der Waals surface area contributed by atoms with Gasteiger partial charge in [-0.25, -0.2) is 9.69 Å². The second-order valence-electron chi connectivity index (χ2n) is 10.2. The number of rotatable bonds is 16. The second-order valence-corrected chi connectivity index (χ2v) is 10.2. The molecular weight excluding hydrogens is 559 g/mol. The van der Waals surface area contributed by atoms with E-state index in [1.54, 1.807) is 0 Å². The van der Waals surface area contributed by atoms with Crippen LogP contribution in [0.25, 0.3) is 31.9 Å². The molecule has 0 atom stereocenters. The minimum Gasteiger partial charge on any atom is -0.494 e. The normalized spacial score (nSPS) is 9.84. The third-order valence-electron chi connectivity index (χ3n) is 6.92. The number of benzene rings is 4. The molecule has 0 aromatic heterocycles. The zero-order valence-electron chi connectivity index (χ0n) is 25.7. The van der Waals surface area contributed by atoms with Crippen LogP contribution in [0.15, 0.2) is 97.1 Å². The topological polar surface area (TPSA) is 64.5 Å². The third-order valence-corrected chi connectivity index (χ3v) is 6.92. The Morgan fingerprint density at radius 1 is 0.533 bits per heavy atom. The van der Waals surface area contributed by atoms with Crippen molar-refractivity contribution in [1.82, 2.24) is 0 Å². The molecule has 0 saturated carbocycles. The number of hydrogen-bond donors (Lipinski definition) is 1. The highest BCUT2D eigenvalue weighted by molar-refractivity contribution is 5.75. The number of ether oxygens (including phenoxy) is 2. The average Bonchev–Trinajstić information content (AvgIpc) is 3.09. The number of nitrogens with zero attached hydrogens (tertiary/aromatic N) is 2. The summed E-state index contributed by atoms with van der Waals surface area (Å²) in [6.45, 7) is 15.6. The van der Waals surface area contributed by atoms with Gasteiger partial charge in [0.25, 0.3) is 0 Å².